The molecule has 8 heteroatoms. The summed E-state index contributed by atoms with van der Waals surface area (Å²) < 4.78 is 27.5. The summed E-state index contributed by atoms with van der Waals surface area (Å²) in [5, 5.41) is 4.19. The number of rotatable bonds is 2. The molecule has 2 aromatic heterocycles. The van der Waals surface area contributed by atoms with Gasteiger partial charge in [-0.2, -0.15) is 4.98 Å². The average Bonchev–Trinajstić information content (AvgIpc) is 2.73. The first-order chi connectivity index (χ1) is 10.4. The lowest BCUT2D eigenvalue weighted by Gasteiger charge is -2.59. The van der Waals surface area contributed by atoms with Crippen molar-refractivity contribution in [1.29, 1.82) is 0 Å². The number of aromatic nitrogens is 4. The fraction of sp³-hybridized carbons (Fsp3) is 0.500. The largest absolute Gasteiger partial charge is 0.368 e. The molecule has 0 amide bonds. The Bertz CT molecular complexity index is 688. The topological polar surface area (TPSA) is 72.9 Å². The van der Waals surface area contributed by atoms with Gasteiger partial charge in [0.25, 0.3) is 0 Å². The molecule has 3 heterocycles. The number of pyridine rings is 1. The number of nitrogen functional groups attached to an aromatic ring is 1. The number of nitrogens with zero attached hydrogens (tertiary/aromatic N) is 5. The van der Waals surface area contributed by atoms with Crippen molar-refractivity contribution in [3.8, 4) is 11.4 Å². The summed E-state index contributed by atoms with van der Waals surface area (Å²) in [5.41, 5.74) is 6.25. The van der Waals surface area contributed by atoms with Gasteiger partial charge >= 0.3 is 0 Å². The van der Waals surface area contributed by atoms with Crippen molar-refractivity contribution in [2.75, 3.05) is 23.7 Å². The third kappa shape index (κ3) is 2.01. The van der Waals surface area contributed by atoms with E-state index in [9.17, 15) is 8.78 Å². The lowest BCUT2D eigenvalue weighted by molar-refractivity contribution is -0.170. The predicted octanol–water partition coefficient (Wildman–Crippen LogP) is 1.69. The number of nitrogens with two attached hydrogens (primary N) is 1. The zero-order chi connectivity index (χ0) is 15.5. The molecule has 2 aliphatic rings. The van der Waals surface area contributed by atoms with Crippen LogP contribution in [0.3, 0.4) is 0 Å². The van der Waals surface area contributed by atoms with Gasteiger partial charge in [-0.3, -0.25) is 0 Å². The van der Waals surface area contributed by atoms with E-state index < -0.39 is 5.92 Å². The van der Waals surface area contributed by atoms with Crippen molar-refractivity contribution < 1.29 is 8.78 Å². The standard InChI is InChI=1S/C14H16F2N6/c1-21-12(17)19-11(20-21)9-2-3-10(18-4-9)22-7-13(8-22)5-14(15,16)6-13/h2-4H,5-8H2,1H3,(H2,17,19,20). The molecular weight excluding hydrogens is 290 g/mol. The third-order valence-electron chi connectivity index (χ3n) is 4.45. The van der Waals surface area contributed by atoms with Crippen molar-refractivity contribution in [3.05, 3.63) is 18.3 Å². The first-order valence-corrected chi connectivity index (χ1v) is 7.12. The van der Waals surface area contributed by atoms with Crippen molar-refractivity contribution in [1.82, 2.24) is 19.7 Å². The van der Waals surface area contributed by atoms with Crippen LogP contribution in [-0.4, -0.2) is 38.8 Å². The summed E-state index contributed by atoms with van der Waals surface area (Å²) in [6.45, 7) is 1.31. The lowest BCUT2D eigenvalue weighted by Crippen LogP contribution is -2.66. The van der Waals surface area contributed by atoms with Gasteiger partial charge in [-0.1, -0.05) is 0 Å². The average molecular weight is 306 g/mol. The number of alkyl halides is 2. The molecule has 0 atom stereocenters. The first kappa shape index (κ1) is 13.4. The summed E-state index contributed by atoms with van der Waals surface area (Å²) in [7, 11) is 1.72. The molecule has 0 unspecified atom stereocenters. The minimum absolute atomic E-state index is 0.00567. The van der Waals surface area contributed by atoms with Gasteiger partial charge in [-0.05, 0) is 12.1 Å². The molecule has 2 aromatic rings. The maximum absolute atomic E-state index is 13.0. The van der Waals surface area contributed by atoms with Crippen LogP contribution < -0.4 is 10.6 Å². The molecule has 4 rings (SSSR count). The zero-order valence-electron chi connectivity index (χ0n) is 12.1. The van der Waals surface area contributed by atoms with Crippen LogP contribution in [0.15, 0.2) is 18.3 Å². The molecule has 2 N–H and O–H groups in total. The highest BCUT2D eigenvalue weighted by molar-refractivity contribution is 5.58. The maximum atomic E-state index is 13.0. The summed E-state index contributed by atoms with van der Waals surface area (Å²) >= 11 is 0. The number of halogens is 2. The van der Waals surface area contributed by atoms with Crippen molar-refractivity contribution in [3.63, 3.8) is 0 Å². The van der Waals surface area contributed by atoms with Gasteiger partial charge in [-0.15, -0.1) is 5.10 Å². The molecule has 1 spiro atoms. The van der Waals surface area contributed by atoms with Gasteiger partial charge in [-0.25, -0.2) is 18.4 Å². The number of hydrogen-bond acceptors (Lipinski definition) is 5. The van der Waals surface area contributed by atoms with Gasteiger partial charge in [0.15, 0.2) is 5.82 Å². The van der Waals surface area contributed by atoms with Crippen LogP contribution in [0.4, 0.5) is 20.5 Å². The molecule has 0 radical (unpaired) electrons. The van der Waals surface area contributed by atoms with E-state index in [1.165, 1.54) is 4.68 Å². The van der Waals surface area contributed by atoms with Crippen LogP contribution in [0, 0.1) is 5.41 Å². The molecule has 1 saturated carbocycles. The van der Waals surface area contributed by atoms with E-state index >= 15 is 0 Å². The number of aryl methyl sites for hydroxylation is 1. The Hall–Kier alpha value is -2.25. The minimum atomic E-state index is -2.46. The highest BCUT2D eigenvalue weighted by atomic mass is 19.3. The molecule has 0 aromatic carbocycles. The molecule has 6 nitrogen and oxygen atoms in total. The van der Waals surface area contributed by atoms with Crippen LogP contribution in [0.2, 0.25) is 0 Å². The molecule has 1 aliphatic carbocycles. The van der Waals surface area contributed by atoms with Gasteiger partial charge < -0.3 is 10.6 Å². The van der Waals surface area contributed by atoms with E-state index in [-0.39, 0.29) is 18.3 Å². The zero-order valence-corrected chi connectivity index (χ0v) is 12.1. The van der Waals surface area contributed by atoms with E-state index in [0.717, 1.165) is 11.4 Å². The molecule has 1 saturated heterocycles. The Morgan fingerprint density at radius 1 is 1.23 bits per heavy atom. The van der Waals surface area contributed by atoms with Gasteiger partial charge in [0.1, 0.15) is 5.82 Å². The van der Waals surface area contributed by atoms with E-state index in [1.807, 2.05) is 17.0 Å². The molecule has 22 heavy (non-hydrogen) atoms. The highest BCUT2D eigenvalue weighted by Crippen LogP contribution is 2.57. The predicted molar refractivity (Wildman–Crippen MR) is 77.5 cm³/mol. The second kappa shape index (κ2) is 4.15. The Morgan fingerprint density at radius 3 is 2.45 bits per heavy atom. The smallest absolute Gasteiger partial charge is 0.249 e. The Labute approximate surface area is 126 Å². The minimum Gasteiger partial charge on any atom is -0.368 e. The number of anilines is 2. The summed E-state index contributed by atoms with van der Waals surface area (Å²) in [6.07, 6.45) is 1.70. The summed E-state index contributed by atoms with van der Waals surface area (Å²) in [6, 6.07) is 3.74. The summed E-state index contributed by atoms with van der Waals surface area (Å²) in [4.78, 5) is 10.6. The van der Waals surface area contributed by atoms with Gasteiger partial charge in [0, 0.05) is 50.2 Å². The molecule has 116 valence electrons. The van der Waals surface area contributed by atoms with Crippen LogP contribution >= 0.6 is 0 Å². The summed E-state index contributed by atoms with van der Waals surface area (Å²) in [5.74, 6) is -0.797. The van der Waals surface area contributed by atoms with Gasteiger partial charge in [0.2, 0.25) is 11.9 Å². The Balaban J connectivity index is 1.45. The van der Waals surface area contributed by atoms with Crippen LogP contribution in [0.25, 0.3) is 11.4 Å². The fourth-order valence-corrected chi connectivity index (χ4v) is 3.42. The molecular formula is C14H16F2N6. The van der Waals surface area contributed by atoms with Crippen molar-refractivity contribution in [2.24, 2.45) is 12.5 Å². The normalized spacial score (nSPS) is 21.5. The molecule has 0 bridgehead atoms. The Morgan fingerprint density at radius 2 is 1.95 bits per heavy atom. The monoisotopic (exact) mass is 306 g/mol. The molecule has 1 aliphatic heterocycles. The van der Waals surface area contributed by atoms with Crippen LogP contribution in [-0.2, 0) is 7.05 Å². The molecule has 2 fully saturated rings. The van der Waals surface area contributed by atoms with E-state index in [4.69, 9.17) is 5.73 Å². The lowest BCUT2D eigenvalue weighted by atomic mass is 9.61. The SMILES string of the molecule is Cn1nc(-c2ccc(N3CC4(C3)CC(F)(F)C4)nc2)nc1N. The second-order valence-corrected chi connectivity index (χ2v) is 6.39. The Kier molecular flexibility index (Phi) is 2.53. The maximum Gasteiger partial charge on any atom is 0.249 e. The van der Waals surface area contributed by atoms with Gasteiger partial charge in [0.05, 0.1) is 0 Å². The quantitative estimate of drug-likeness (QED) is 0.914. The van der Waals surface area contributed by atoms with Crippen LogP contribution in [0.5, 0.6) is 0 Å². The second-order valence-electron chi connectivity index (χ2n) is 6.39. The van der Waals surface area contributed by atoms with Crippen molar-refractivity contribution in [2.45, 2.75) is 18.8 Å². The third-order valence-corrected chi connectivity index (χ3v) is 4.45. The van der Waals surface area contributed by atoms with Crippen LogP contribution in [0.1, 0.15) is 12.8 Å². The number of hydrogen-bond donors (Lipinski definition) is 1. The highest BCUT2D eigenvalue weighted by Gasteiger charge is 2.61. The van der Waals surface area contributed by atoms with Crippen molar-refractivity contribution >= 4 is 11.8 Å². The first-order valence-electron chi connectivity index (χ1n) is 7.12. The fourth-order valence-electron chi connectivity index (χ4n) is 3.42. The van der Waals surface area contributed by atoms with E-state index in [2.05, 4.69) is 15.1 Å². The van der Waals surface area contributed by atoms with E-state index in [0.29, 0.717) is 24.9 Å². The van der Waals surface area contributed by atoms with E-state index in [1.54, 1.807) is 13.2 Å².